The molecular formula is C14H33N3. The highest BCUT2D eigenvalue weighted by Gasteiger charge is 2.14. The number of hydrogen-bond acceptors (Lipinski definition) is 3. The number of hydrogen-bond donors (Lipinski definition) is 1. The molecule has 0 bridgehead atoms. The number of likely N-dealkylation sites (N-methyl/N-ethyl adjacent to an activating group) is 1. The van der Waals surface area contributed by atoms with Gasteiger partial charge in [-0.1, -0.05) is 20.8 Å². The monoisotopic (exact) mass is 243 g/mol. The van der Waals surface area contributed by atoms with Crippen molar-refractivity contribution < 1.29 is 0 Å². The van der Waals surface area contributed by atoms with Gasteiger partial charge in [-0.3, -0.25) is 0 Å². The summed E-state index contributed by atoms with van der Waals surface area (Å²) >= 11 is 0. The lowest BCUT2D eigenvalue weighted by molar-refractivity contribution is 0.243. The van der Waals surface area contributed by atoms with Crippen molar-refractivity contribution in [2.75, 3.05) is 47.3 Å². The molecule has 0 saturated carbocycles. The Morgan fingerprint density at radius 3 is 2.18 bits per heavy atom. The van der Waals surface area contributed by atoms with Crippen LogP contribution in [0.1, 0.15) is 33.6 Å². The van der Waals surface area contributed by atoms with E-state index in [2.05, 4.69) is 57.0 Å². The summed E-state index contributed by atoms with van der Waals surface area (Å²) in [6.07, 6.45) is 2.47. The van der Waals surface area contributed by atoms with Gasteiger partial charge in [-0.15, -0.1) is 0 Å². The van der Waals surface area contributed by atoms with E-state index in [-0.39, 0.29) is 0 Å². The molecule has 1 atom stereocenters. The molecular weight excluding hydrogens is 210 g/mol. The van der Waals surface area contributed by atoms with Crippen molar-refractivity contribution in [2.24, 2.45) is 5.92 Å². The molecule has 0 aromatic rings. The molecule has 0 aliphatic rings. The summed E-state index contributed by atoms with van der Waals surface area (Å²) in [4.78, 5) is 4.71. The van der Waals surface area contributed by atoms with Gasteiger partial charge in [-0.05, 0) is 59.5 Å². The molecule has 0 aromatic carbocycles. The topological polar surface area (TPSA) is 18.5 Å². The van der Waals surface area contributed by atoms with Crippen molar-refractivity contribution in [3.63, 3.8) is 0 Å². The third-order valence-electron chi connectivity index (χ3n) is 3.11. The van der Waals surface area contributed by atoms with E-state index in [1.54, 1.807) is 0 Å². The maximum absolute atomic E-state index is 3.65. The van der Waals surface area contributed by atoms with Gasteiger partial charge < -0.3 is 15.1 Å². The van der Waals surface area contributed by atoms with E-state index in [4.69, 9.17) is 0 Å². The quantitative estimate of drug-likeness (QED) is 0.632. The zero-order chi connectivity index (χ0) is 13.3. The minimum atomic E-state index is 0.624. The van der Waals surface area contributed by atoms with Gasteiger partial charge in [0.25, 0.3) is 0 Å². The van der Waals surface area contributed by atoms with Crippen molar-refractivity contribution in [1.82, 2.24) is 15.1 Å². The zero-order valence-corrected chi connectivity index (χ0v) is 12.8. The first-order valence-electron chi connectivity index (χ1n) is 7.04. The van der Waals surface area contributed by atoms with Gasteiger partial charge in [0.15, 0.2) is 0 Å². The molecule has 0 radical (unpaired) electrons. The first kappa shape index (κ1) is 16.9. The summed E-state index contributed by atoms with van der Waals surface area (Å²) in [5.74, 6) is 0.706. The van der Waals surface area contributed by atoms with Crippen LogP contribution in [0.3, 0.4) is 0 Å². The van der Waals surface area contributed by atoms with E-state index in [1.807, 2.05) is 0 Å². The lowest BCUT2D eigenvalue weighted by Gasteiger charge is -2.28. The number of rotatable bonds is 10. The Morgan fingerprint density at radius 1 is 1.06 bits per heavy atom. The first-order valence-corrected chi connectivity index (χ1v) is 7.04. The van der Waals surface area contributed by atoms with E-state index in [1.165, 1.54) is 25.9 Å². The highest BCUT2D eigenvalue weighted by Crippen LogP contribution is 2.04. The minimum Gasteiger partial charge on any atom is -0.312 e. The molecule has 0 aromatic heterocycles. The zero-order valence-electron chi connectivity index (χ0n) is 12.8. The van der Waals surface area contributed by atoms with Gasteiger partial charge in [0, 0.05) is 12.6 Å². The molecule has 0 aliphatic heterocycles. The van der Waals surface area contributed by atoms with Crippen LogP contribution in [-0.2, 0) is 0 Å². The van der Waals surface area contributed by atoms with Crippen LogP contribution in [0.15, 0.2) is 0 Å². The van der Waals surface area contributed by atoms with Crippen molar-refractivity contribution >= 4 is 0 Å². The molecule has 0 aliphatic carbocycles. The molecule has 3 heteroatoms. The van der Waals surface area contributed by atoms with Crippen LogP contribution in [0, 0.1) is 5.92 Å². The van der Waals surface area contributed by atoms with E-state index >= 15 is 0 Å². The Balaban J connectivity index is 3.82. The predicted molar refractivity (Wildman–Crippen MR) is 77.6 cm³/mol. The maximum Gasteiger partial charge on any atom is 0.0217 e. The molecule has 0 spiro atoms. The van der Waals surface area contributed by atoms with Crippen molar-refractivity contribution in [1.29, 1.82) is 0 Å². The summed E-state index contributed by atoms with van der Waals surface area (Å²) in [6, 6.07) is 0.624. The van der Waals surface area contributed by atoms with Crippen LogP contribution < -0.4 is 5.32 Å². The van der Waals surface area contributed by atoms with Crippen molar-refractivity contribution in [2.45, 2.75) is 39.7 Å². The minimum absolute atomic E-state index is 0.624. The fourth-order valence-corrected chi connectivity index (χ4v) is 1.92. The highest BCUT2D eigenvalue weighted by atomic mass is 15.1. The van der Waals surface area contributed by atoms with Crippen LogP contribution in [0.25, 0.3) is 0 Å². The van der Waals surface area contributed by atoms with E-state index in [9.17, 15) is 0 Å². The smallest absolute Gasteiger partial charge is 0.0217 e. The van der Waals surface area contributed by atoms with Crippen LogP contribution in [0.4, 0.5) is 0 Å². The molecule has 0 amide bonds. The summed E-state index contributed by atoms with van der Waals surface area (Å²) in [5.41, 5.74) is 0. The Morgan fingerprint density at radius 2 is 1.71 bits per heavy atom. The molecule has 104 valence electrons. The average molecular weight is 243 g/mol. The first-order chi connectivity index (χ1) is 7.97. The lowest BCUT2D eigenvalue weighted by Crippen LogP contribution is -2.43. The Bertz CT molecular complexity index is 169. The van der Waals surface area contributed by atoms with Gasteiger partial charge in [0.2, 0.25) is 0 Å². The molecule has 0 saturated heterocycles. The van der Waals surface area contributed by atoms with Gasteiger partial charge in [0.05, 0.1) is 0 Å². The molecule has 3 nitrogen and oxygen atoms in total. The van der Waals surface area contributed by atoms with Gasteiger partial charge in [-0.2, -0.15) is 0 Å². The van der Waals surface area contributed by atoms with Gasteiger partial charge in [0.1, 0.15) is 0 Å². The Kier molecular flexibility index (Phi) is 9.79. The molecule has 0 heterocycles. The van der Waals surface area contributed by atoms with E-state index in [0.29, 0.717) is 12.0 Å². The second kappa shape index (κ2) is 9.86. The van der Waals surface area contributed by atoms with Gasteiger partial charge >= 0.3 is 0 Å². The van der Waals surface area contributed by atoms with E-state index < -0.39 is 0 Å². The molecule has 0 rings (SSSR count). The van der Waals surface area contributed by atoms with Crippen LogP contribution in [-0.4, -0.2) is 63.2 Å². The van der Waals surface area contributed by atoms with Crippen LogP contribution in [0.2, 0.25) is 0 Å². The summed E-state index contributed by atoms with van der Waals surface area (Å²) in [7, 11) is 6.51. The third kappa shape index (κ3) is 9.57. The number of nitrogens with one attached hydrogen (secondary N) is 1. The van der Waals surface area contributed by atoms with Crippen LogP contribution in [0.5, 0.6) is 0 Å². The molecule has 1 unspecified atom stereocenters. The van der Waals surface area contributed by atoms with Crippen molar-refractivity contribution in [3.05, 3.63) is 0 Å². The standard InChI is InChI=1S/C14H33N3/c1-7-9-15-14(13(2)3)12-17(6)11-8-10-16(4)5/h13-15H,7-12H2,1-6H3. The second-order valence-corrected chi connectivity index (χ2v) is 5.72. The summed E-state index contributed by atoms with van der Waals surface area (Å²) in [6.45, 7) is 11.5. The molecule has 17 heavy (non-hydrogen) atoms. The summed E-state index contributed by atoms with van der Waals surface area (Å²) in [5, 5.41) is 3.65. The molecule has 0 fully saturated rings. The predicted octanol–water partition coefficient (Wildman–Crippen LogP) is 1.89. The average Bonchev–Trinajstić information content (AvgIpc) is 2.23. The second-order valence-electron chi connectivity index (χ2n) is 5.72. The lowest BCUT2D eigenvalue weighted by atomic mass is 10.0. The normalized spacial score (nSPS) is 13.9. The van der Waals surface area contributed by atoms with E-state index in [0.717, 1.165) is 13.1 Å². The van der Waals surface area contributed by atoms with Gasteiger partial charge in [-0.25, -0.2) is 0 Å². The van der Waals surface area contributed by atoms with Crippen molar-refractivity contribution in [3.8, 4) is 0 Å². The maximum atomic E-state index is 3.65. The largest absolute Gasteiger partial charge is 0.312 e. The Labute approximate surface area is 109 Å². The summed E-state index contributed by atoms with van der Waals surface area (Å²) < 4.78 is 0. The fourth-order valence-electron chi connectivity index (χ4n) is 1.92. The Hall–Kier alpha value is -0.120. The fraction of sp³-hybridized carbons (Fsp3) is 1.00. The van der Waals surface area contributed by atoms with Crippen LogP contribution >= 0.6 is 0 Å². The number of nitrogens with zero attached hydrogens (tertiary/aromatic N) is 2. The third-order valence-corrected chi connectivity index (χ3v) is 3.11. The SMILES string of the molecule is CCCNC(CN(C)CCCN(C)C)C(C)C. The molecule has 1 N–H and O–H groups in total. The highest BCUT2D eigenvalue weighted by molar-refractivity contribution is 4.73.